The third-order valence-corrected chi connectivity index (χ3v) is 2.24. The van der Waals surface area contributed by atoms with Crippen molar-refractivity contribution in [1.29, 1.82) is 0 Å². The second kappa shape index (κ2) is 6.32. The molecule has 6 nitrogen and oxygen atoms in total. The number of amides is 1. The van der Waals surface area contributed by atoms with Gasteiger partial charge in [-0.2, -0.15) is 0 Å². The standard InChI is InChI=1S/C9H14ClNO5/c1-9(8(15)16,4-7(13)14)5-11-6(12)2-3-10/h2-5H2,1H3,(H,11,12)(H,13,14)(H,15,16). The van der Waals surface area contributed by atoms with E-state index in [1.165, 1.54) is 6.92 Å². The van der Waals surface area contributed by atoms with Crippen LogP contribution < -0.4 is 5.32 Å². The maximum atomic E-state index is 11.1. The van der Waals surface area contributed by atoms with Gasteiger partial charge in [0.1, 0.15) is 0 Å². The minimum absolute atomic E-state index is 0.0737. The highest BCUT2D eigenvalue weighted by Crippen LogP contribution is 2.20. The van der Waals surface area contributed by atoms with E-state index in [4.69, 9.17) is 21.8 Å². The first kappa shape index (κ1) is 14.7. The van der Waals surface area contributed by atoms with Crippen molar-refractivity contribution in [2.24, 2.45) is 5.41 Å². The number of carboxylic acids is 2. The summed E-state index contributed by atoms with van der Waals surface area (Å²) in [6.45, 7) is 1.04. The van der Waals surface area contributed by atoms with Crippen molar-refractivity contribution in [1.82, 2.24) is 5.32 Å². The molecule has 0 aliphatic rings. The predicted molar refractivity (Wildman–Crippen MR) is 56.3 cm³/mol. The SMILES string of the molecule is CC(CNC(=O)CCCl)(CC(=O)O)C(=O)O. The van der Waals surface area contributed by atoms with Crippen molar-refractivity contribution in [3.63, 3.8) is 0 Å². The van der Waals surface area contributed by atoms with Gasteiger partial charge in [-0.3, -0.25) is 14.4 Å². The second-order valence-electron chi connectivity index (χ2n) is 3.65. The first-order chi connectivity index (χ1) is 7.31. The minimum Gasteiger partial charge on any atom is -0.481 e. The molecule has 0 spiro atoms. The summed E-state index contributed by atoms with van der Waals surface area (Å²) in [5.74, 6) is -2.75. The Morgan fingerprint density at radius 1 is 1.31 bits per heavy atom. The summed E-state index contributed by atoms with van der Waals surface area (Å²) < 4.78 is 0. The molecule has 0 radical (unpaired) electrons. The molecular weight excluding hydrogens is 238 g/mol. The van der Waals surface area contributed by atoms with Crippen LogP contribution in [0.2, 0.25) is 0 Å². The van der Waals surface area contributed by atoms with Gasteiger partial charge in [-0.05, 0) is 6.92 Å². The van der Waals surface area contributed by atoms with Gasteiger partial charge in [-0.15, -0.1) is 11.6 Å². The lowest BCUT2D eigenvalue weighted by Crippen LogP contribution is -2.42. The number of alkyl halides is 1. The van der Waals surface area contributed by atoms with Gasteiger partial charge >= 0.3 is 11.9 Å². The van der Waals surface area contributed by atoms with E-state index in [-0.39, 0.29) is 18.8 Å². The maximum Gasteiger partial charge on any atom is 0.311 e. The van der Waals surface area contributed by atoms with Gasteiger partial charge < -0.3 is 15.5 Å². The van der Waals surface area contributed by atoms with Crippen molar-refractivity contribution in [3.8, 4) is 0 Å². The number of aliphatic carboxylic acids is 2. The average Bonchev–Trinajstić information content (AvgIpc) is 2.14. The van der Waals surface area contributed by atoms with Crippen molar-refractivity contribution in [2.45, 2.75) is 19.8 Å². The molecule has 0 bridgehead atoms. The van der Waals surface area contributed by atoms with Crippen LogP contribution in [0, 0.1) is 5.41 Å². The molecule has 16 heavy (non-hydrogen) atoms. The third-order valence-electron chi connectivity index (χ3n) is 2.05. The van der Waals surface area contributed by atoms with E-state index >= 15 is 0 Å². The van der Waals surface area contributed by atoms with Crippen LogP contribution in [0.15, 0.2) is 0 Å². The Labute approximate surface area is 97.6 Å². The number of rotatable bonds is 7. The van der Waals surface area contributed by atoms with E-state index in [1.54, 1.807) is 0 Å². The Bertz CT molecular complexity index is 294. The lowest BCUT2D eigenvalue weighted by atomic mass is 9.87. The molecule has 0 aromatic rings. The molecule has 0 rings (SSSR count). The van der Waals surface area contributed by atoms with E-state index < -0.39 is 29.7 Å². The van der Waals surface area contributed by atoms with Gasteiger partial charge in [-0.1, -0.05) is 0 Å². The summed E-state index contributed by atoms with van der Waals surface area (Å²) in [5.41, 5.74) is -1.51. The largest absolute Gasteiger partial charge is 0.481 e. The fourth-order valence-electron chi connectivity index (χ4n) is 1.02. The fourth-order valence-corrected chi connectivity index (χ4v) is 1.19. The van der Waals surface area contributed by atoms with E-state index in [0.29, 0.717) is 0 Å². The first-order valence-corrected chi connectivity index (χ1v) is 5.13. The van der Waals surface area contributed by atoms with Crippen LogP contribution in [0.5, 0.6) is 0 Å². The summed E-state index contributed by atoms with van der Waals surface area (Å²) in [6, 6.07) is 0. The second-order valence-corrected chi connectivity index (χ2v) is 4.03. The molecule has 0 aliphatic carbocycles. The molecule has 1 atom stereocenters. The Kier molecular flexibility index (Phi) is 5.81. The van der Waals surface area contributed by atoms with Crippen molar-refractivity contribution < 1.29 is 24.6 Å². The molecule has 1 unspecified atom stereocenters. The number of nitrogens with one attached hydrogen (secondary N) is 1. The number of hydrogen-bond acceptors (Lipinski definition) is 3. The van der Waals surface area contributed by atoms with Crippen molar-refractivity contribution in [2.75, 3.05) is 12.4 Å². The summed E-state index contributed by atoms with van der Waals surface area (Å²) >= 11 is 5.32. The molecule has 0 saturated carbocycles. The summed E-state index contributed by atoms with van der Waals surface area (Å²) in [4.78, 5) is 32.4. The van der Waals surface area contributed by atoms with Gasteiger partial charge in [0.05, 0.1) is 11.8 Å². The average molecular weight is 252 g/mol. The topological polar surface area (TPSA) is 104 Å². The van der Waals surface area contributed by atoms with Crippen molar-refractivity contribution in [3.05, 3.63) is 0 Å². The lowest BCUT2D eigenvalue weighted by Gasteiger charge is -2.22. The Morgan fingerprint density at radius 2 is 1.88 bits per heavy atom. The minimum atomic E-state index is -1.51. The zero-order valence-corrected chi connectivity index (χ0v) is 9.58. The van der Waals surface area contributed by atoms with Gasteiger partial charge in [0, 0.05) is 18.8 Å². The number of halogens is 1. The van der Waals surface area contributed by atoms with E-state index in [9.17, 15) is 14.4 Å². The first-order valence-electron chi connectivity index (χ1n) is 4.59. The molecule has 0 aliphatic heterocycles. The van der Waals surface area contributed by atoms with E-state index in [2.05, 4.69) is 5.32 Å². The van der Waals surface area contributed by atoms with Gasteiger partial charge in [-0.25, -0.2) is 0 Å². The molecular formula is C9H14ClNO5. The van der Waals surface area contributed by atoms with Gasteiger partial charge in [0.15, 0.2) is 0 Å². The van der Waals surface area contributed by atoms with Gasteiger partial charge in [0.25, 0.3) is 0 Å². The third kappa shape index (κ3) is 4.97. The normalized spacial score (nSPS) is 13.9. The zero-order chi connectivity index (χ0) is 12.8. The fraction of sp³-hybridized carbons (Fsp3) is 0.667. The van der Waals surface area contributed by atoms with Crippen LogP contribution in [0.1, 0.15) is 19.8 Å². The van der Waals surface area contributed by atoms with Crippen LogP contribution in [-0.4, -0.2) is 40.5 Å². The highest BCUT2D eigenvalue weighted by molar-refractivity contribution is 6.18. The molecule has 0 aromatic carbocycles. The lowest BCUT2D eigenvalue weighted by molar-refractivity contribution is -0.154. The zero-order valence-electron chi connectivity index (χ0n) is 8.83. The Hall–Kier alpha value is -1.30. The molecule has 0 saturated heterocycles. The number of hydrogen-bond donors (Lipinski definition) is 3. The monoisotopic (exact) mass is 251 g/mol. The smallest absolute Gasteiger partial charge is 0.311 e. The molecule has 92 valence electrons. The van der Waals surface area contributed by atoms with E-state index in [1.807, 2.05) is 0 Å². The number of carboxylic acid groups (broad SMARTS) is 2. The maximum absolute atomic E-state index is 11.1. The van der Waals surface area contributed by atoms with Crippen molar-refractivity contribution >= 4 is 29.4 Å². The summed E-state index contributed by atoms with van der Waals surface area (Å²) in [5, 5.41) is 19.8. The highest BCUT2D eigenvalue weighted by Gasteiger charge is 2.36. The molecule has 0 aromatic heterocycles. The van der Waals surface area contributed by atoms with E-state index in [0.717, 1.165) is 0 Å². The predicted octanol–water partition coefficient (Wildman–Crippen LogP) is 0.297. The van der Waals surface area contributed by atoms with Crippen LogP contribution >= 0.6 is 11.6 Å². The molecule has 3 N–H and O–H groups in total. The molecule has 0 heterocycles. The Balaban J connectivity index is 4.39. The number of carbonyl (C=O) groups is 3. The highest BCUT2D eigenvalue weighted by atomic mass is 35.5. The summed E-state index contributed by atoms with van der Waals surface area (Å²) in [7, 11) is 0. The van der Waals surface area contributed by atoms with Gasteiger partial charge in [0.2, 0.25) is 5.91 Å². The molecule has 1 amide bonds. The van der Waals surface area contributed by atoms with Crippen LogP contribution in [0.25, 0.3) is 0 Å². The van der Waals surface area contributed by atoms with Crippen LogP contribution in [0.3, 0.4) is 0 Å². The molecule has 7 heteroatoms. The van der Waals surface area contributed by atoms with Crippen LogP contribution in [-0.2, 0) is 14.4 Å². The quantitative estimate of drug-likeness (QED) is 0.565. The molecule has 0 fully saturated rings. The summed E-state index contributed by atoms with van der Waals surface area (Å²) in [6.07, 6.45) is -0.478. The Morgan fingerprint density at radius 3 is 2.25 bits per heavy atom. The van der Waals surface area contributed by atoms with Crippen LogP contribution in [0.4, 0.5) is 0 Å². The number of carbonyl (C=O) groups excluding carboxylic acids is 1.